The number of hydrogen-bond acceptors (Lipinski definition) is 11. The van der Waals surface area contributed by atoms with Gasteiger partial charge in [0.1, 0.15) is 11.5 Å². The molecular weight excluding hydrogens is 1130 g/mol. The molecule has 0 radical (unpaired) electrons. The summed E-state index contributed by atoms with van der Waals surface area (Å²) in [5.74, 6) is 0.905. The number of phenols is 2. The molecule has 0 bridgehead atoms. The molecule has 10 nitrogen and oxygen atoms in total. The van der Waals surface area contributed by atoms with Crippen molar-refractivity contribution in [2.45, 2.75) is 376 Å². The van der Waals surface area contributed by atoms with Crippen LogP contribution in [0.25, 0.3) is 0 Å². The molecule has 0 saturated heterocycles. The first-order valence-corrected chi connectivity index (χ1v) is 37.3. The van der Waals surface area contributed by atoms with Gasteiger partial charge >= 0.3 is 23.9 Å². The van der Waals surface area contributed by atoms with Gasteiger partial charge in [-0.2, -0.15) is 11.8 Å². The van der Waals surface area contributed by atoms with Crippen LogP contribution in [0.1, 0.15) is 368 Å². The predicted octanol–water partition coefficient (Wildman–Crippen LogP) is 22.4. The summed E-state index contributed by atoms with van der Waals surface area (Å²) >= 11 is 1.64. The Morgan fingerprint density at radius 2 is 0.584 bits per heavy atom. The van der Waals surface area contributed by atoms with Gasteiger partial charge in [-0.05, 0) is 80.7 Å². The second-order valence-corrected chi connectivity index (χ2v) is 31.0. The molecule has 0 spiro atoms. The number of esters is 4. The zero-order valence-electron chi connectivity index (χ0n) is 60.2. The van der Waals surface area contributed by atoms with Crippen LogP contribution in [0.15, 0.2) is 24.3 Å². The highest BCUT2D eigenvalue weighted by molar-refractivity contribution is 7.99. The fraction of sp³-hybridized carbons (Fsp3) is 0.795. The van der Waals surface area contributed by atoms with Gasteiger partial charge in [-0.3, -0.25) is 19.2 Å². The number of carbonyl (C=O) groups is 4. The van der Waals surface area contributed by atoms with E-state index in [1.165, 1.54) is 180 Å². The minimum atomic E-state index is -1.00. The average molecular weight is 1270 g/mol. The molecule has 0 fully saturated rings. The highest BCUT2D eigenvalue weighted by Crippen LogP contribution is 2.41. The van der Waals surface area contributed by atoms with E-state index in [4.69, 9.17) is 18.9 Å². The molecule has 2 aromatic carbocycles. The smallest absolute Gasteiger partial charge is 0.309 e. The number of aryl methyl sites for hydroxylation is 2. The van der Waals surface area contributed by atoms with Gasteiger partial charge in [-0.1, -0.05) is 314 Å². The van der Waals surface area contributed by atoms with Crippen molar-refractivity contribution in [3.63, 3.8) is 0 Å². The topological polar surface area (TPSA) is 146 Å². The molecule has 0 aliphatic rings. The van der Waals surface area contributed by atoms with Gasteiger partial charge < -0.3 is 29.2 Å². The quantitative estimate of drug-likeness (QED) is 0.0283. The number of ether oxygens (including phenoxy) is 4. The number of carbonyl (C=O) groups excluding carboxylic acids is 4. The Morgan fingerprint density at radius 3 is 0.809 bits per heavy atom. The summed E-state index contributed by atoms with van der Waals surface area (Å²) in [5.41, 5.74) is 4.25. The number of phenolic OH excluding ortho intramolecular Hbond substituents is 2. The second kappa shape index (κ2) is 48.1. The summed E-state index contributed by atoms with van der Waals surface area (Å²) in [7, 11) is 0. The van der Waals surface area contributed by atoms with E-state index < -0.39 is 18.2 Å². The van der Waals surface area contributed by atoms with Crippen molar-refractivity contribution >= 4 is 35.6 Å². The molecule has 514 valence electrons. The third kappa shape index (κ3) is 42.2. The van der Waals surface area contributed by atoms with Crippen molar-refractivity contribution in [1.29, 1.82) is 0 Å². The monoisotopic (exact) mass is 1260 g/mol. The van der Waals surface area contributed by atoms with E-state index >= 15 is 0 Å². The highest BCUT2D eigenvalue weighted by atomic mass is 32.2. The van der Waals surface area contributed by atoms with Crippen LogP contribution in [0.5, 0.6) is 11.5 Å². The summed E-state index contributed by atoms with van der Waals surface area (Å²) in [4.78, 5) is 49.2. The Labute approximate surface area is 550 Å². The van der Waals surface area contributed by atoms with E-state index in [1.54, 1.807) is 18.7 Å². The SMILES string of the molecule is CC(OC(=O)CCc1cc(C(C)(C)C)c(O)c(C(C)(C)C)c1)OC(=O)CCc1cc(C(C)(C)C)c(O)c(C(C)(C)C)c1.CCCCCCCCCCCCCCCCCCOC(=O)CCSCCC(=O)OCCCCCCCCCCCCCCCCCC. The lowest BCUT2D eigenvalue weighted by Crippen LogP contribution is -2.22. The zero-order valence-corrected chi connectivity index (χ0v) is 61.0. The van der Waals surface area contributed by atoms with E-state index in [1.807, 2.05) is 24.3 Å². The lowest BCUT2D eigenvalue weighted by atomic mass is 9.78. The van der Waals surface area contributed by atoms with Crippen LogP contribution >= 0.6 is 11.8 Å². The minimum Gasteiger partial charge on any atom is -0.507 e. The summed E-state index contributed by atoms with van der Waals surface area (Å²) in [6, 6.07) is 7.84. The van der Waals surface area contributed by atoms with Crippen LogP contribution in [0.4, 0.5) is 0 Å². The van der Waals surface area contributed by atoms with Crippen molar-refractivity contribution in [2.24, 2.45) is 0 Å². The Balaban J connectivity index is 0.000000895. The maximum absolute atomic E-state index is 12.6. The summed E-state index contributed by atoms with van der Waals surface area (Å²) < 4.78 is 21.6. The molecule has 89 heavy (non-hydrogen) atoms. The number of thioether (sulfide) groups is 1. The Kier molecular flexibility index (Phi) is 45.0. The standard InChI is InChI=1S/C42H82O4S.C36H54O6/c1-3-5-7-9-11-13-15-17-19-21-23-25-27-29-31-33-37-45-41(43)35-39-47-40-36-42(44)46-38-34-32-30-28-26-24-22-20-18-16-14-12-10-8-6-4-2;1-22(41-29(37)16-14-23-18-25(33(2,3)4)31(39)26(19-23)34(5,6)7)42-30(38)17-15-24-20-27(35(8,9)10)32(40)28(21-24)36(11,12)13/h3-40H2,1-2H3;18-22,39-40H,14-17H2,1-13H3. The van der Waals surface area contributed by atoms with Crippen LogP contribution in [-0.4, -0.2) is 65.1 Å². The molecule has 2 N–H and O–H groups in total. The molecule has 11 heteroatoms. The van der Waals surface area contributed by atoms with Crippen LogP contribution in [0, 0.1) is 0 Å². The van der Waals surface area contributed by atoms with E-state index in [0.717, 1.165) is 59.1 Å². The molecular formula is C78H136O10S. The Hall–Kier alpha value is -3.73. The van der Waals surface area contributed by atoms with Gasteiger partial charge in [0.2, 0.25) is 6.29 Å². The molecule has 0 aliphatic heterocycles. The van der Waals surface area contributed by atoms with Gasteiger partial charge in [0.05, 0.1) is 26.1 Å². The van der Waals surface area contributed by atoms with Gasteiger partial charge in [0, 0.05) is 31.3 Å². The lowest BCUT2D eigenvalue weighted by molar-refractivity contribution is -0.184. The van der Waals surface area contributed by atoms with E-state index in [2.05, 4.69) is 96.9 Å². The fourth-order valence-corrected chi connectivity index (χ4v) is 12.0. The fourth-order valence-electron chi connectivity index (χ4n) is 11.2. The van der Waals surface area contributed by atoms with E-state index in [-0.39, 0.29) is 46.4 Å². The van der Waals surface area contributed by atoms with E-state index in [9.17, 15) is 29.4 Å². The van der Waals surface area contributed by atoms with Crippen molar-refractivity contribution in [2.75, 3.05) is 24.7 Å². The third-order valence-corrected chi connectivity index (χ3v) is 17.8. The number of benzene rings is 2. The maximum atomic E-state index is 12.6. The highest BCUT2D eigenvalue weighted by Gasteiger charge is 2.29. The van der Waals surface area contributed by atoms with Crippen molar-refractivity contribution < 1.29 is 48.3 Å². The molecule has 0 aliphatic carbocycles. The number of rotatable bonds is 48. The zero-order chi connectivity index (χ0) is 66.6. The summed E-state index contributed by atoms with van der Waals surface area (Å²) in [5, 5.41) is 21.9. The molecule has 2 rings (SSSR count). The second-order valence-electron chi connectivity index (χ2n) is 29.8. The first-order valence-electron chi connectivity index (χ1n) is 36.1. The normalized spacial score (nSPS) is 12.0. The van der Waals surface area contributed by atoms with Gasteiger partial charge in [-0.15, -0.1) is 0 Å². The number of unbranched alkanes of at least 4 members (excludes halogenated alkanes) is 30. The van der Waals surface area contributed by atoms with Crippen LogP contribution in [0.2, 0.25) is 0 Å². The lowest BCUT2D eigenvalue weighted by Gasteiger charge is -2.28. The van der Waals surface area contributed by atoms with Crippen molar-refractivity contribution in [3.8, 4) is 11.5 Å². The van der Waals surface area contributed by atoms with Crippen molar-refractivity contribution in [1.82, 2.24) is 0 Å². The van der Waals surface area contributed by atoms with Crippen LogP contribution in [0.3, 0.4) is 0 Å². The Morgan fingerprint density at radius 1 is 0.360 bits per heavy atom. The van der Waals surface area contributed by atoms with Crippen LogP contribution < -0.4 is 0 Å². The molecule has 0 unspecified atom stereocenters. The predicted molar refractivity (Wildman–Crippen MR) is 377 cm³/mol. The molecule has 0 saturated carbocycles. The maximum Gasteiger partial charge on any atom is 0.309 e. The molecule has 0 atom stereocenters. The number of hydrogen-bond donors (Lipinski definition) is 2. The summed E-state index contributed by atoms with van der Waals surface area (Å²) in [6.45, 7) is 31.8. The largest absolute Gasteiger partial charge is 0.507 e. The first kappa shape index (κ1) is 83.3. The molecule has 0 amide bonds. The van der Waals surface area contributed by atoms with Gasteiger partial charge in [0.25, 0.3) is 0 Å². The molecule has 0 heterocycles. The summed E-state index contributed by atoms with van der Waals surface area (Å²) in [6.07, 6.45) is 44.1. The Bertz CT molecular complexity index is 1970. The van der Waals surface area contributed by atoms with Crippen LogP contribution in [-0.2, 0) is 72.6 Å². The van der Waals surface area contributed by atoms with Gasteiger partial charge in [0.15, 0.2) is 0 Å². The molecule has 2 aromatic rings. The average Bonchev–Trinajstić information content (AvgIpc) is 0.901. The molecule has 0 aromatic heterocycles. The minimum absolute atomic E-state index is 0.107. The van der Waals surface area contributed by atoms with E-state index in [0.29, 0.717) is 61.9 Å². The number of aromatic hydroxyl groups is 2. The van der Waals surface area contributed by atoms with Gasteiger partial charge in [-0.25, -0.2) is 0 Å². The first-order chi connectivity index (χ1) is 42.1. The van der Waals surface area contributed by atoms with Crippen molar-refractivity contribution in [3.05, 3.63) is 57.6 Å². The third-order valence-electron chi connectivity index (χ3n) is 16.8.